The molecule has 0 bridgehead atoms. The van der Waals surface area contributed by atoms with Crippen LogP contribution in [0.3, 0.4) is 0 Å². The predicted molar refractivity (Wildman–Crippen MR) is 86.1 cm³/mol. The number of carbonyl (C=O) groups is 1. The lowest BCUT2D eigenvalue weighted by molar-refractivity contribution is -0.133. The highest BCUT2D eigenvalue weighted by Gasteiger charge is 2.34. The summed E-state index contributed by atoms with van der Waals surface area (Å²) in [4.78, 5) is 14.9. The Morgan fingerprint density at radius 3 is 2.62 bits per heavy atom. The second-order valence-corrected chi connectivity index (χ2v) is 7.45. The average Bonchev–Trinajstić information content (AvgIpc) is 3.04. The van der Waals surface area contributed by atoms with Gasteiger partial charge >= 0.3 is 0 Å². The second-order valence-electron chi connectivity index (χ2n) is 7.45. The minimum absolute atomic E-state index is 0.452. The number of amides is 1. The van der Waals surface area contributed by atoms with Crippen LogP contribution in [-0.4, -0.2) is 36.5 Å². The Balaban J connectivity index is 1.48. The van der Waals surface area contributed by atoms with Crippen molar-refractivity contribution in [2.24, 2.45) is 11.8 Å². The highest BCUT2D eigenvalue weighted by molar-refractivity contribution is 5.76. The molecule has 1 saturated carbocycles. The Labute approximate surface area is 129 Å². The molecule has 0 aromatic rings. The Morgan fingerprint density at radius 1 is 1.00 bits per heavy atom. The number of likely N-dealkylation sites (tertiary alicyclic amines) is 1. The molecule has 0 spiro atoms. The molecule has 0 radical (unpaired) electrons. The molecule has 0 aromatic carbocycles. The maximum Gasteiger partial charge on any atom is 0.222 e. The lowest BCUT2D eigenvalue weighted by atomic mass is 9.83. The molecular formula is C18H32N2O. The fourth-order valence-electron chi connectivity index (χ4n) is 4.75. The van der Waals surface area contributed by atoms with E-state index in [1.54, 1.807) is 0 Å². The summed E-state index contributed by atoms with van der Waals surface area (Å²) >= 11 is 0. The van der Waals surface area contributed by atoms with Crippen LogP contribution in [0.2, 0.25) is 0 Å². The molecule has 3 nitrogen and oxygen atoms in total. The maximum absolute atomic E-state index is 12.6. The van der Waals surface area contributed by atoms with Crippen molar-refractivity contribution in [1.29, 1.82) is 0 Å². The van der Waals surface area contributed by atoms with Crippen molar-refractivity contribution in [2.75, 3.05) is 19.6 Å². The summed E-state index contributed by atoms with van der Waals surface area (Å²) in [5, 5.41) is 3.46. The number of rotatable bonds is 4. The Kier molecular flexibility index (Phi) is 5.56. The summed E-state index contributed by atoms with van der Waals surface area (Å²) in [6.07, 6.45) is 13.9. The van der Waals surface area contributed by atoms with Gasteiger partial charge in [0.2, 0.25) is 5.91 Å². The van der Waals surface area contributed by atoms with Gasteiger partial charge in [-0.1, -0.05) is 19.3 Å². The van der Waals surface area contributed by atoms with E-state index in [1.807, 2.05) is 0 Å². The van der Waals surface area contributed by atoms with Crippen LogP contribution in [0, 0.1) is 11.8 Å². The molecule has 120 valence electrons. The topological polar surface area (TPSA) is 32.3 Å². The Morgan fingerprint density at radius 2 is 1.86 bits per heavy atom. The van der Waals surface area contributed by atoms with E-state index >= 15 is 0 Å². The molecule has 21 heavy (non-hydrogen) atoms. The van der Waals surface area contributed by atoms with Gasteiger partial charge in [-0.25, -0.2) is 0 Å². The van der Waals surface area contributed by atoms with Crippen molar-refractivity contribution in [3.05, 3.63) is 0 Å². The number of hydrogen-bond acceptors (Lipinski definition) is 2. The maximum atomic E-state index is 12.6. The molecule has 0 aromatic heterocycles. The Bertz CT molecular complexity index is 332. The Hall–Kier alpha value is -0.570. The fraction of sp³-hybridized carbons (Fsp3) is 0.944. The molecule has 2 heterocycles. The van der Waals surface area contributed by atoms with Crippen molar-refractivity contribution < 1.29 is 4.79 Å². The largest absolute Gasteiger partial charge is 0.339 e. The summed E-state index contributed by atoms with van der Waals surface area (Å²) < 4.78 is 0. The minimum Gasteiger partial charge on any atom is -0.339 e. The fourth-order valence-corrected chi connectivity index (χ4v) is 4.75. The lowest BCUT2D eigenvalue weighted by Crippen LogP contribution is -2.41. The van der Waals surface area contributed by atoms with Gasteiger partial charge in [-0.2, -0.15) is 0 Å². The van der Waals surface area contributed by atoms with Crippen LogP contribution in [0.25, 0.3) is 0 Å². The zero-order valence-corrected chi connectivity index (χ0v) is 13.5. The third kappa shape index (κ3) is 4.00. The standard InChI is InChI=1S/C18H32N2O/c21-18(11-10-15-6-4-12-19-14-15)20-13-5-9-17(20)16-7-2-1-3-8-16/h15-17,19H,1-14H2. The van der Waals surface area contributed by atoms with E-state index in [2.05, 4.69) is 10.2 Å². The predicted octanol–water partition coefficient (Wildman–Crippen LogP) is 3.34. The van der Waals surface area contributed by atoms with Gasteiger partial charge in [0.05, 0.1) is 0 Å². The van der Waals surface area contributed by atoms with Crippen molar-refractivity contribution in [3.8, 4) is 0 Å². The summed E-state index contributed by atoms with van der Waals surface area (Å²) in [7, 11) is 0. The van der Waals surface area contributed by atoms with Crippen LogP contribution in [0.1, 0.15) is 70.6 Å². The van der Waals surface area contributed by atoms with Crippen LogP contribution < -0.4 is 5.32 Å². The zero-order valence-electron chi connectivity index (χ0n) is 13.5. The van der Waals surface area contributed by atoms with Crippen LogP contribution in [0.5, 0.6) is 0 Å². The van der Waals surface area contributed by atoms with Crippen molar-refractivity contribution in [3.63, 3.8) is 0 Å². The first-order valence-electron chi connectivity index (χ1n) is 9.35. The SMILES string of the molecule is O=C(CCC1CCCNC1)N1CCCC1C1CCCCC1. The summed E-state index contributed by atoms with van der Waals surface area (Å²) in [6.45, 7) is 3.32. The van der Waals surface area contributed by atoms with Crippen LogP contribution in [0.15, 0.2) is 0 Å². The van der Waals surface area contributed by atoms with Gasteiger partial charge < -0.3 is 10.2 Å². The minimum atomic E-state index is 0.452. The van der Waals surface area contributed by atoms with Gasteiger partial charge in [0.15, 0.2) is 0 Å². The molecule has 1 amide bonds. The van der Waals surface area contributed by atoms with Gasteiger partial charge in [-0.3, -0.25) is 4.79 Å². The van der Waals surface area contributed by atoms with E-state index in [-0.39, 0.29) is 0 Å². The summed E-state index contributed by atoms with van der Waals surface area (Å²) in [6, 6.07) is 0.585. The van der Waals surface area contributed by atoms with Crippen LogP contribution >= 0.6 is 0 Å². The van der Waals surface area contributed by atoms with Gasteiger partial charge in [-0.05, 0) is 69.9 Å². The number of piperidine rings is 1. The molecule has 2 atom stereocenters. The molecule has 2 saturated heterocycles. The molecule has 3 aliphatic rings. The molecule has 3 heteroatoms. The van der Waals surface area contributed by atoms with E-state index in [0.29, 0.717) is 11.9 Å². The first-order valence-corrected chi connectivity index (χ1v) is 9.35. The van der Waals surface area contributed by atoms with E-state index in [0.717, 1.165) is 37.8 Å². The molecule has 2 aliphatic heterocycles. The summed E-state index contributed by atoms with van der Waals surface area (Å²) in [5.74, 6) is 1.99. The monoisotopic (exact) mass is 292 g/mol. The van der Waals surface area contributed by atoms with Crippen molar-refractivity contribution in [1.82, 2.24) is 10.2 Å². The van der Waals surface area contributed by atoms with E-state index in [9.17, 15) is 4.79 Å². The lowest BCUT2D eigenvalue weighted by Gasteiger charge is -2.34. The van der Waals surface area contributed by atoms with Gasteiger partial charge in [-0.15, -0.1) is 0 Å². The van der Waals surface area contributed by atoms with Crippen molar-refractivity contribution >= 4 is 5.91 Å². The summed E-state index contributed by atoms with van der Waals surface area (Å²) in [5.41, 5.74) is 0. The molecular weight excluding hydrogens is 260 g/mol. The van der Waals surface area contributed by atoms with Gasteiger partial charge in [0.25, 0.3) is 0 Å². The highest BCUT2D eigenvalue weighted by Crippen LogP contribution is 2.34. The molecule has 2 unspecified atom stereocenters. The number of nitrogens with zero attached hydrogens (tertiary/aromatic N) is 1. The quantitative estimate of drug-likeness (QED) is 0.862. The van der Waals surface area contributed by atoms with E-state index in [1.165, 1.54) is 64.3 Å². The average molecular weight is 292 g/mol. The van der Waals surface area contributed by atoms with Crippen molar-refractivity contribution in [2.45, 2.75) is 76.7 Å². The first-order chi connectivity index (χ1) is 10.3. The van der Waals surface area contributed by atoms with E-state index in [4.69, 9.17) is 0 Å². The smallest absolute Gasteiger partial charge is 0.222 e. The molecule has 3 rings (SSSR count). The third-order valence-electron chi connectivity index (χ3n) is 5.98. The molecule has 1 aliphatic carbocycles. The number of nitrogens with one attached hydrogen (secondary N) is 1. The number of carbonyl (C=O) groups excluding carboxylic acids is 1. The normalized spacial score (nSPS) is 31.5. The van der Waals surface area contributed by atoms with Crippen LogP contribution in [-0.2, 0) is 4.79 Å². The van der Waals surface area contributed by atoms with Gasteiger partial charge in [0, 0.05) is 19.0 Å². The second kappa shape index (κ2) is 7.62. The van der Waals surface area contributed by atoms with E-state index < -0.39 is 0 Å². The first kappa shape index (κ1) is 15.3. The highest BCUT2D eigenvalue weighted by atomic mass is 16.2. The molecule has 1 N–H and O–H groups in total. The molecule has 3 fully saturated rings. The van der Waals surface area contributed by atoms with Gasteiger partial charge in [0.1, 0.15) is 0 Å². The van der Waals surface area contributed by atoms with Crippen LogP contribution in [0.4, 0.5) is 0 Å². The number of hydrogen-bond donors (Lipinski definition) is 1. The third-order valence-corrected chi connectivity index (χ3v) is 5.98. The zero-order chi connectivity index (χ0) is 14.5.